The van der Waals surface area contributed by atoms with Gasteiger partial charge in [-0.15, -0.1) is 0 Å². The molecule has 1 fully saturated rings. The zero-order chi connectivity index (χ0) is 12.8. The van der Waals surface area contributed by atoms with E-state index in [4.69, 9.17) is 4.74 Å². The maximum absolute atomic E-state index is 13.9. The van der Waals surface area contributed by atoms with Gasteiger partial charge in [-0.1, -0.05) is 30.3 Å². The number of benzene rings is 2. The minimum absolute atomic E-state index is 0.111. The van der Waals surface area contributed by atoms with Crippen molar-refractivity contribution >= 4 is 0 Å². The molecule has 0 saturated carbocycles. The lowest BCUT2D eigenvalue weighted by Crippen LogP contribution is -2.15. The van der Waals surface area contributed by atoms with Crippen molar-refractivity contribution in [1.29, 1.82) is 0 Å². The van der Waals surface area contributed by atoms with Gasteiger partial charge in [0.1, 0.15) is 17.2 Å². The highest BCUT2D eigenvalue weighted by molar-refractivity contribution is 5.43. The molecule has 2 atom stereocenters. The number of hydrogen-bond donors (Lipinski definition) is 0. The number of hydrogen-bond acceptors (Lipinski definition) is 1. The van der Waals surface area contributed by atoms with Crippen LogP contribution in [-0.2, 0) is 10.3 Å². The largest absolute Gasteiger partial charge is 0.356 e. The molecule has 1 saturated heterocycles. The summed E-state index contributed by atoms with van der Waals surface area (Å²) in [4.78, 5) is 0. The van der Waals surface area contributed by atoms with E-state index in [1.165, 1.54) is 18.2 Å². The summed E-state index contributed by atoms with van der Waals surface area (Å²) in [5.74, 6) is -0.609. The molecule has 0 aromatic heterocycles. The second-order valence-corrected chi connectivity index (χ2v) is 4.48. The van der Waals surface area contributed by atoms with Crippen LogP contribution in [0.15, 0.2) is 48.5 Å². The van der Waals surface area contributed by atoms with Gasteiger partial charge >= 0.3 is 0 Å². The summed E-state index contributed by atoms with van der Waals surface area (Å²) in [6.45, 7) is 1.88. The summed E-state index contributed by atoms with van der Waals surface area (Å²) in [5, 5.41) is 0. The third-order valence-corrected chi connectivity index (χ3v) is 3.42. The molecular formula is C15H12F2O. The average Bonchev–Trinajstić information content (AvgIpc) is 3.03. The molecule has 2 unspecified atom stereocenters. The minimum Gasteiger partial charge on any atom is -0.356 e. The molecule has 0 N–H and O–H groups in total. The Balaban J connectivity index is 2.12. The van der Waals surface area contributed by atoms with E-state index in [0.717, 1.165) is 5.56 Å². The van der Waals surface area contributed by atoms with E-state index < -0.39 is 5.60 Å². The fraction of sp³-hybridized carbons (Fsp3) is 0.200. The Morgan fingerprint density at radius 3 is 2.17 bits per heavy atom. The normalized spacial score (nSPS) is 26.1. The molecule has 3 rings (SSSR count). The molecule has 2 aromatic rings. The second-order valence-electron chi connectivity index (χ2n) is 4.48. The Labute approximate surface area is 104 Å². The Hall–Kier alpha value is -1.74. The van der Waals surface area contributed by atoms with Crippen LogP contribution in [0.3, 0.4) is 0 Å². The molecule has 1 heterocycles. The zero-order valence-corrected chi connectivity index (χ0v) is 9.86. The zero-order valence-electron chi connectivity index (χ0n) is 9.86. The molecular weight excluding hydrogens is 234 g/mol. The van der Waals surface area contributed by atoms with Crippen LogP contribution in [0, 0.1) is 11.6 Å². The third-order valence-electron chi connectivity index (χ3n) is 3.42. The highest BCUT2D eigenvalue weighted by Crippen LogP contribution is 2.52. The van der Waals surface area contributed by atoms with Gasteiger partial charge in [0.2, 0.25) is 0 Å². The minimum atomic E-state index is -0.765. The van der Waals surface area contributed by atoms with Crippen LogP contribution in [0.5, 0.6) is 0 Å². The first kappa shape index (κ1) is 11.4. The number of ether oxygens (including phenoxy) is 1. The van der Waals surface area contributed by atoms with Crippen LogP contribution in [-0.4, -0.2) is 6.10 Å². The summed E-state index contributed by atoms with van der Waals surface area (Å²) in [6.07, 6.45) is -0.111. The molecule has 3 heteroatoms. The molecule has 0 amide bonds. The topological polar surface area (TPSA) is 12.5 Å². The fourth-order valence-electron chi connectivity index (χ4n) is 2.45. The molecule has 18 heavy (non-hydrogen) atoms. The van der Waals surface area contributed by atoms with E-state index in [2.05, 4.69) is 0 Å². The molecule has 2 aromatic carbocycles. The van der Waals surface area contributed by atoms with Crippen molar-refractivity contribution < 1.29 is 13.5 Å². The van der Waals surface area contributed by atoms with Gasteiger partial charge in [-0.05, 0) is 30.7 Å². The van der Waals surface area contributed by atoms with E-state index >= 15 is 0 Å². The van der Waals surface area contributed by atoms with Crippen molar-refractivity contribution in [3.05, 3.63) is 71.3 Å². The predicted octanol–water partition coefficient (Wildman–Crippen LogP) is 3.63. The van der Waals surface area contributed by atoms with Crippen molar-refractivity contribution in [2.75, 3.05) is 0 Å². The Morgan fingerprint density at radius 1 is 1.00 bits per heavy atom. The van der Waals surface area contributed by atoms with Gasteiger partial charge in [0.25, 0.3) is 0 Å². The molecule has 1 aliphatic rings. The van der Waals surface area contributed by atoms with Crippen LogP contribution in [0.4, 0.5) is 8.78 Å². The third kappa shape index (κ3) is 1.55. The van der Waals surface area contributed by atoms with Crippen molar-refractivity contribution in [2.45, 2.75) is 18.6 Å². The smallest absolute Gasteiger partial charge is 0.147 e. The predicted molar refractivity (Wildman–Crippen MR) is 64.1 cm³/mol. The molecule has 0 aliphatic carbocycles. The standard InChI is InChI=1S/C15H12F2O/c1-10-15(18-10,11-6-8-12(16)9-7-11)13-4-2-3-5-14(13)17/h2-10H,1H3. The van der Waals surface area contributed by atoms with E-state index in [1.807, 2.05) is 6.92 Å². The maximum Gasteiger partial charge on any atom is 0.147 e. The summed E-state index contributed by atoms with van der Waals surface area (Å²) < 4.78 is 32.5. The van der Waals surface area contributed by atoms with Crippen LogP contribution in [0.2, 0.25) is 0 Å². The van der Waals surface area contributed by atoms with Gasteiger partial charge in [0.05, 0.1) is 6.10 Å². The lowest BCUT2D eigenvalue weighted by Gasteiger charge is -2.14. The average molecular weight is 246 g/mol. The van der Waals surface area contributed by atoms with Gasteiger partial charge in [-0.25, -0.2) is 8.78 Å². The van der Waals surface area contributed by atoms with Gasteiger partial charge in [0.15, 0.2) is 0 Å². The van der Waals surface area contributed by atoms with Crippen LogP contribution < -0.4 is 0 Å². The number of halogens is 2. The lowest BCUT2D eigenvalue weighted by atomic mass is 9.88. The van der Waals surface area contributed by atoms with Gasteiger partial charge < -0.3 is 4.74 Å². The van der Waals surface area contributed by atoms with Crippen LogP contribution >= 0.6 is 0 Å². The van der Waals surface area contributed by atoms with E-state index in [9.17, 15) is 8.78 Å². The molecule has 0 bridgehead atoms. The van der Waals surface area contributed by atoms with Gasteiger partial charge in [0, 0.05) is 5.56 Å². The van der Waals surface area contributed by atoms with Gasteiger partial charge in [-0.2, -0.15) is 0 Å². The fourth-order valence-corrected chi connectivity index (χ4v) is 2.45. The second kappa shape index (κ2) is 3.89. The van der Waals surface area contributed by atoms with Crippen molar-refractivity contribution in [3.8, 4) is 0 Å². The van der Waals surface area contributed by atoms with Crippen molar-refractivity contribution in [3.63, 3.8) is 0 Å². The summed E-state index contributed by atoms with van der Waals surface area (Å²) in [5.41, 5.74) is 0.518. The van der Waals surface area contributed by atoms with Crippen molar-refractivity contribution in [2.24, 2.45) is 0 Å². The van der Waals surface area contributed by atoms with Crippen LogP contribution in [0.1, 0.15) is 18.1 Å². The molecule has 1 aliphatic heterocycles. The molecule has 0 radical (unpaired) electrons. The number of epoxide rings is 1. The Bertz CT molecular complexity index is 579. The van der Waals surface area contributed by atoms with E-state index in [0.29, 0.717) is 5.56 Å². The lowest BCUT2D eigenvalue weighted by molar-refractivity contribution is 0.326. The summed E-state index contributed by atoms with van der Waals surface area (Å²) in [7, 11) is 0. The highest BCUT2D eigenvalue weighted by Gasteiger charge is 2.57. The maximum atomic E-state index is 13.9. The van der Waals surface area contributed by atoms with Gasteiger partial charge in [-0.3, -0.25) is 0 Å². The molecule has 92 valence electrons. The van der Waals surface area contributed by atoms with Crippen LogP contribution in [0.25, 0.3) is 0 Å². The number of rotatable bonds is 2. The Morgan fingerprint density at radius 2 is 1.61 bits per heavy atom. The van der Waals surface area contributed by atoms with E-state index in [-0.39, 0.29) is 17.7 Å². The monoisotopic (exact) mass is 246 g/mol. The first-order valence-electron chi connectivity index (χ1n) is 5.83. The summed E-state index contributed by atoms with van der Waals surface area (Å²) >= 11 is 0. The first-order chi connectivity index (χ1) is 8.64. The highest BCUT2D eigenvalue weighted by atomic mass is 19.1. The molecule has 1 nitrogen and oxygen atoms in total. The molecule has 0 spiro atoms. The first-order valence-corrected chi connectivity index (χ1v) is 5.83. The SMILES string of the molecule is CC1OC1(c1ccc(F)cc1)c1ccccc1F. The van der Waals surface area contributed by atoms with Crippen molar-refractivity contribution in [1.82, 2.24) is 0 Å². The quantitative estimate of drug-likeness (QED) is 0.737. The van der Waals surface area contributed by atoms with E-state index in [1.54, 1.807) is 30.3 Å². The summed E-state index contributed by atoms with van der Waals surface area (Å²) in [6, 6.07) is 12.6. The Kier molecular flexibility index (Phi) is 2.45.